The van der Waals surface area contributed by atoms with Gasteiger partial charge in [-0.3, -0.25) is 9.59 Å². The average Bonchev–Trinajstić information content (AvgIpc) is 2.57. The minimum atomic E-state index is -1.09. The van der Waals surface area contributed by atoms with Crippen LogP contribution in [0.1, 0.15) is 33.6 Å². The fraction of sp³-hybridized carbons (Fsp3) is 0.750. The molecule has 1 saturated heterocycles. The number of carbonyl (C=O) groups is 3. The van der Waals surface area contributed by atoms with E-state index in [1.54, 1.807) is 20.1 Å². The first-order valence-corrected chi connectivity index (χ1v) is 8.21. The van der Waals surface area contributed by atoms with Crippen LogP contribution in [-0.4, -0.2) is 60.8 Å². The lowest BCUT2D eigenvalue weighted by atomic mass is 9.85. The van der Waals surface area contributed by atoms with Gasteiger partial charge in [0.25, 0.3) is 12.2 Å². The van der Waals surface area contributed by atoms with Crippen LogP contribution < -0.4 is 10.6 Å². The number of piperidine rings is 1. The van der Waals surface area contributed by atoms with E-state index in [1.165, 1.54) is 0 Å². The van der Waals surface area contributed by atoms with Gasteiger partial charge in [-0.15, -0.1) is 0 Å². The van der Waals surface area contributed by atoms with Gasteiger partial charge >= 0.3 is 0 Å². The van der Waals surface area contributed by atoms with Gasteiger partial charge in [0.2, 0.25) is 5.91 Å². The molecule has 2 N–H and O–H groups in total. The largest absolute Gasteiger partial charge is 0.414 e. The summed E-state index contributed by atoms with van der Waals surface area (Å²) in [6, 6.07) is 0. The third-order valence-electron chi connectivity index (χ3n) is 4.34. The lowest BCUT2D eigenvalue weighted by Crippen LogP contribution is -2.65. The van der Waals surface area contributed by atoms with E-state index in [0.717, 1.165) is 6.54 Å². The standard InChI is InChI=1S/C16H26N4O4/c1-4-20-8-5-16(6-9-20,15(23)18-7-10-21)19-14(22)13(12(2)3)24-11-17/h10,12-13H,4-9H2,1-3H3,(H,18,23)(H,19,22). The Morgan fingerprint density at radius 3 is 2.46 bits per heavy atom. The number of hydrogen-bond donors (Lipinski definition) is 2. The zero-order valence-corrected chi connectivity index (χ0v) is 14.5. The minimum Gasteiger partial charge on any atom is -0.414 e. The molecule has 0 bridgehead atoms. The fourth-order valence-corrected chi connectivity index (χ4v) is 2.82. The van der Waals surface area contributed by atoms with E-state index in [4.69, 9.17) is 10.00 Å². The molecule has 8 heteroatoms. The smallest absolute Gasteiger partial charge is 0.287 e. The number of hydrogen-bond acceptors (Lipinski definition) is 6. The van der Waals surface area contributed by atoms with Crippen LogP contribution in [0.5, 0.6) is 0 Å². The number of likely N-dealkylation sites (tertiary alicyclic amines) is 1. The summed E-state index contributed by atoms with van der Waals surface area (Å²) in [5.41, 5.74) is -1.09. The highest BCUT2D eigenvalue weighted by Crippen LogP contribution is 2.23. The van der Waals surface area contributed by atoms with Crippen LogP contribution in [0.4, 0.5) is 0 Å². The lowest BCUT2D eigenvalue weighted by Gasteiger charge is -2.41. The normalized spacial score (nSPS) is 18.3. The van der Waals surface area contributed by atoms with Crippen molar-refractivity contribution in [1.82, 2.24) is 15.5 Å². The second-order valence-electron chi connectivity index (χ2n) is 6.26. The van der Waals surface area contributed by atoms with Crippen LogP contribution in [0.2, 0.25) is 0 Å². The topological polar surface area (TPSA) is 112 Å². The third kappa shape index (κ3) is 4.93. The summed E-state index contributed by atoms with van der Waals surface area (Å²) in [4.78, 5) is 37.8. The van der Waals surface area contributed by atoms with Gasteiger partial charge in [-0.2, -0.15) is 5.26 Å². The summed E-state index contributed by atoms with van der Waals surface area (Å²) in [6.07, 6.45) is 2.07. The van der Waals surface area contributed by atoms with Crippen LogP contribution in [0, 0.1) is 17.4 Å². The summed E-state index contributed by atoms with van der Waals surface area (Å²) in [6.45, 7) is 7.66. The van der Waals surface area contributed by atoms with Crippen molar-refractivity contribution in [3.8, 4) is 6.26 Å². The van der Waals surface area contributed by atoms with Gasteiger partial charge in [0.05, 0.1) is 6.54 Å². The molecule has 0 aromatic heterocycles. The van der Waals surface area contributed by atoms with Crippen LogP contribution in [0.15, 0.2) is 0 Å². The quantitative estimate of drug-likeness (QED) is 0.468. The third-order valence-corrected chi connectivity index (χ3v) is 4.34. The second kappa shape index (κ2) is 9.23. The lowest BCUT2D eigenvalue weighted by molar-refractivity contribution is -0.141. The molecule has 1 heterocycles. The number of nitrogens with one attached hydrogen (secondary N) is 2. The molecular weight excluding hydrogens is 312 g/mol. The van der Waals surface area contributed by atoms with E-state index in [0.29, 0.717) is 32.2 Å². The highest BCUT2D eigenvalue weighted by Gasteiger charge is 2.44. The molecule has 0 saturated carbocycles. The predicted molar refractivity (Wildman–Crippen MR) is 86.6 cm³/mol. The molecule has 0 aromatic carbocycles. The maximum atomic E-state index is 12.6. The SMILES string of the molecule is CCN1CCC(NC(=O)C(OC#N)C(C)C)(C(=O)NCC=O)CC1. The molecule has 134 valence electrons. The van der Waals surface area contributed by atoms with Crippen molar-refractivity contribution in [2.45, 2.75) is 45.3 Å². The van der Waals surface area contributed by atoms with E-state index >= 15 is 0 Å². The van der Waals surface area contributed by atoms with Crippen molar-refractivity contribution in [3.63, 3.8) is 0 Å². The Bertz CT molecular complexity index is 493. The van der Waals surface area contributed by atoms with Crippen molar-refractivity contribution in [1.29, 1.82) is 5.26 Å². The van der Waals surface area contributed by atoms with Gasteiger partial charge in [-0.1, -0.05) is 20.8 Å². The van der Waals surface area contributed by atoms with Crippen molar-refractivity contribution in [2.24, 2.45) is 5.92 Å². The maximum absolute atomic E-state index is 12.6. The van der Waals surface area contributed by atoms with Crippen LogP contribution >= 0.6 is 0 Å². The fourth-order valence-electron chi connectivity index (χ4n) is 2.82. The first-order valence-electron chi connectivity index (χ1n) is 8.21. The summed E-state index contributed by atoms with van der Waals surface area (Å²) >= 11 is 0. The molecule has 1 rings (SSSR count). The summed E-state index contributed by atoms with van der Waals surface area (Å²) in [5.74, 6) is -1.08. The van der Waals surface area contributed by atoms with Gasteiger partial charge < -0.3 is 25.1 Å². The molecule has 24 heavy (non-hydrogen) atoms. The van der Waals surface area contributed by atoms with Gasteiger partial charge in [0.1, 0.15) is 11.8 Å². The van der Waals surface area contributed by atoms with E-state index in [9.17, 15) is 14.4 Å². The molecule has 1 aliphatic rings. The van der Waals surface area contributed by atoms with Gasteiger partial charge in [-0.25, -0.2) is 0 Å². The van der Waals surface area contributed by atoms with Crippen molar-refractivity contribution in [3.05, 3.63) is 0 Å². The van der Waals surface area contributed by atoms with E-state index < -0.39 is 17.6 Å². The molecular formula is C16H26N4O4. The number of nitriles is 1. The number of aldehydes is 1. The molecule has 1 atom stereocenters. The van der Waals surface area contributed by atoms with Crippen molar-refractivity contribution in [2.75, 3.05) is 26.2 Å². The Labute approximate surface area is 142 Å². The Balaban J connectivity index is 2.93. The number of ether oxygens (including phenoxy) is 1. The molecule has 1 unspecified atom stereocenters. The number of amides is 2. The van der Waals surface area contributed by atoms with E-state index in [-0.39, 0.29) is 18.4 Å². The summed E-state index contributed by atoms with van der Waals surface area (Å²) < 4.78 is 4.85. The first-order chi connectivity index (χ1) is 11.4. The molecule has 0 aliphatic carbocycles. The van der Waals surface area contributed by atoms with Crippen LogP contribution in [0.3, 0.4) is 0 Å². The number of rotatable bonds is 8. The highest BCUT2D eigenvalue weighted by molar-refractivity contribution is 5.93. The molecule has 0 radical (unpaired) electrons. The molecule has 0 aromatic rings. The Morgan fingerprint density at radius 2 is 2.00 bits per heavy atom. The van der Waals surface area contributed by atoms with Crippen LogP contribution in [0.25, 0.3) is 0 Å². The number of nitrogens with zero attached hydrogens (tertiary/aromatic N) is 2. The van der Waals surface area contributed by atoms with Crippen molar-refractivity contribution < 1.29 is 19.1 Å². The zero-order valence-electron chi connectivity index (χ0n) is 14.5. The highest BCUT2D eigenvalue weighted by atomic mass is 16.5. The van der Waals surface area contributed by atoms with E-state index in [2.05, 4.69) is 15.5 Å². The monoisotopic (exact) mass is 338 g/mol. The predicted octanol–water partition coefficient (Wildman–Crippen LogP) is -0.206. The van der Waals surface area contributed by atoms with Gasteiger partial charge in [0, 0.05) is 19.0 Å². The van der Waals surface area contributed by atoms with Gasteiger partial charge in [0.15, 0.2) is 6.10 Å². The Kier molecular flexibility index (Phi) is 7.65. The van der Waals surface area contributed by atoms with Crippen LogP contribution in [-0.2, 0) is 19.1 Å². The Hall–Kier alpha value is -2.14. The second-order valence-corrected chi connectivity index (χ2v) is 6.26. The summed E-state index contributed by atoms with van der Waals surface area (Å²) in [5, 5.41) is 14.0. The van der Waals surface area contributed by atoms with E-state index in [1.807, 2.05) is 6.92 Å². The van der Waals surface area contributed by atoms with Crippen molar-refractivity contribution >= 4 is 18.1 Å². The van der Waals surface area contributed by atoms with Gasteiger partial charge in [-0.05, 0) is 19.4 Å². The molecule has 1 fully saturated rings. The molecule has 2 amide bonds. The molecule has 0 spiro atoms. The zero-order chi connectivity index (χ0) is 18.2. The average molecular weight is 338 g/mol. The minimum absolute atomic E-state index is 0.101. The number of carbonyl (C=O) groups excluding carboxylic acids is 3. The summed E-state index contributed by atoms with van der Waals surface area (Å²) in [7, 11) is 0. The maximum Gasteiger partial charge on any atom is 0.287 e. The Morgan fingerprint density at radius 1 is 1.38 bits per heavy atom. The molecule has 1 aliphatic heterocycles. The first kappa shape index (κ1) is 19.9. The molecule has 8 nitrogen and oxygen atoms in total.